The molecule has 0 saturated heterocycles. The molecule has 1 aromatic heterocycles. The number of anilines is 1. The quantitative estimate of drug-likeness (QED) is 0.460. The highest BCUT2D eigenvalue weighted by Crippen LogP contribution is 2.45. The van der Waals surface area contributed by atoms with E-state index in [9.17, 15) is 4.79 Å². The maximum atomic E-state index is 13.5. The first-order valence-corrected chi connectivity index (χ1v) is 12.7. The second-order valence-electron chi connectivity index (χ2n) is 8.67. The van der Waals surface area contributed by atoms with Crippen molar-refractivity contribution in [2.75, 3.05) is 25.7 Å². The SMILES string of the molecule is COc1ccc(/C=C2\CCCC3C2=NN(C(=O)CSc2n[nH]c(N)n2)C3c2ccc(OC)cc2)cc1. The van der Waals surface area contributed by atoms with Crippen LogP contribution in [0.5, 0.6) is 11.5 Å². The van der Waals surface area contributed by atoms with Gasteiger partial charge in [-0.25, -0.2) is 10.1 Å². The molecule has 2 aromatic carbocycles. The van der Waals surface area contributed by atoms with Gasteiger partial charge >= 0.3 is 0 Å². The molecule has 2 unspecified atom stereocenters. The third-order valence-corrected chi connectivity index (χ3v) is 7.31. The molecule has 9 nitrogen and oxygen atoms in total. The molecule has 1 aliphatic carbocycles. The summed E-state index contributed by atoms with van der Waals surface area (Å²) in [6.45, 7) is 0. The Balaban J connectivity index is 1.46. The van der Waals surface area contributed by atoms with Gasteiger partial charge < -0.3 is 15.2 Å². The van der Waals surface area contributed by atoms with Crippen LogP contribution in [0.1, 0.15) is 36.4 Å². The number of ether oxygens (including phenoxy) is 2. The Morgan fingerprint density at radius 2 is 1.83 bits per heavy atom. The number of benzene rings is 2. The highest BCUT2D eigenvalue weighted by Gasteiger charge is 2.43. The van der Waals surface area contributed by atoms with E-state index in [4.69, 9.17) is 20.3 Å². The summed E-state index contributed by atoms with van der Waals surface area (Å²) in [5, 5.41) is 13.6. The van der Waals surface area contributed by atoms with Crippen LogP contribution in [0.15, 0.2) is 64.4 Å². The van der Waals surface area contributed by atoms with E-state index in [1.54, 1.807) is 19.2 Å². The molecule has 2 atom stereocenters. The normalized spacial score (nSPS) is 20.2. The van der Waals surface area contributed by atoms with E-state index < -0.39 is 0 Å². The van der Waals surface area contributed by atoms with E-state index in [2.05, 4.69) is 21.3 Å². The first kappa shape index (κ1) is 23.9. The van der Waals surface area contributed by atoms with Gasteiger partial charge in [0.15, 0.2) is 0 Å². The van der Waals surface area contributed by atoms with E-state index in [-0.39, 0.29) is 29.6 Å². The third kappa shape index (κ3) is 4.94. The van der Waals surface area contributed by atoms with Crippen molar-refractivity contribution in [1.29, 1.82) is 0 Å². The molecule has 1 fully saturated rings. The number of methoxy groups -OCH3 is 2. The lowest BCUT2D eigenvalue weighted by atomic mass is 9.77. The maximum Gasteiger partial charge on any atom is 0.253 e. The number of rotatable bonds is 7. The number of nitrogens with zero attached hydrogens (tertiary/aromatic N) is 4. The molecule has 3 N–H and O–H groups in total. The zero-order chi connectivity index (χ0) is 25.1. The van der Waals surface area contributed by atoms with Crippen LogP contribution in [0.3, 0.4) is 0 Å². The van der Waals surface area contributed by atoms with E-state index in [1.807, 2.05) is 48.5 Å². The molecule has 5 rings (SSSR count). The number of aromatic amines is 1. The summed E-state index contributed by atoms with van der Waals surface area (Å²) < 4.78 is 10.6. The molecule has 0 spiro atoms. The molecule has 1 saturated carbocycles. The number of fused-ring (bicyclic) bond motifs is 1. The van der Waals surface area contributed by atoms with E-state index in [1.165, 1.54) is 17.3 Å². The van der Waals surface area contributed by atoms with Gasteiger partial charge in [0.05, 0.1) is 31.7 Å². The van der Waals surface area contributed by atoms with E-state index >= 15 is 0 Å². The summed E-state index contributed by atoms with van der Waals surface area (Å²) >= 11 is 1.24. The van der Waals surface area contributed by atoms with Crippen LogP contribution < -0.4 is 15.2 Å². The predicted molar refractivity (Wildman–Crippen MR) is 140 cm³/mol. The van der Waals surface area contributed by atoms with Gasteiger partial charge in [-0.05, 0) is 66.3 Å². The summed E-state index contributed by atoms with van der Waals surface area (Å²) in [7, 11) is 3.30. The number of nitrogens with one attached hydrogen (secondary N) is 1. The van der Waals surface area contributed by atoms with Gasteiger partial charge in [0.2, 0.25) is 11.1 Å². The minimum atomic E-state index is -0.184. The lowest BCUT2D eigenvalue weighted by Crippen LogP contribution is -2.32. The Hall–Kier alpha value is -3.79. The maximum absolute atomic E-state index is 13.5. The van der Waals surface area contributed by atoms with E-state index in [0.29, 0.717) is 5.16 Å². The van der Waals surface area contributed by atoms with Crippen molar-refractivity contribution < 1.29 is 14.3 Å². The molecule has 2 heterocycles. The van der Waals surface area contributed by atoms with Gasteiger partial charge in [0.25, 0.3) is 5.91 Å². The monoisotopic (exact) mass is 504 g/mol. The second kappa shape index (κ2) is 10.4. The largest absolute Gasteiger partial charge is 0.497 e. The van der Waals surface area contributed by atoms with Crippen LogP contribution in [0.4, 0.5) is 5.95 Å². The third-order valence-electron chi connectivity index (χ3n) is 6.48. The van der Waals surface area contributed by atoms with Gasteiger partial charge in [0.1, 0.15) is 11.5 Å². The predicted octanol–water partition coefficient (Wildman–Crippen LogP) is 4.32. The Morgan fingerprint density at radius 3 is 2.47 bits per heavy atom. The summed E-state index contributed by atoms with van der Waals surface area (Å²) in [4.78, 5) is 17.5. The van der Waals surface area contributed by atoms with E-state index in [0.717, 1.165) is 47.6 Å². The molecule has 186 valence electrons. The Bertz CT molecular complexity index is 1290. The topological polar surface area (TPSA) is 119 Å². The number of allylic oxidation sites excluding steroid dienone is 1. The number of thioether (sulfide) groups is 1. The fourth-order valence-corrected chi connectivity index (χ4v) is 5.42. The number of nitrogens with two attached hydrogens (primary N) is 1. The van der Waals surface area contributed by atoms with Crippen molar-refractivity contribution in [3.8, 4) is 11.5 Å². The average molecular weight is 505 g/mol. The summed E-state index contributed by atoms with van der Waals surface area (Å²) in [6, 6.07) is 15.7. The van der Waals surface area contributed by atoms with Crippen molar-refractivity contribution in [2.45, 2.75) is 30.5 Å². The number of carbonyl (C=O) groups is 1. The van der Waals surface area contributed by atoms with Crippen LogP contribution in [0, 0.1) is 5.92 Å². The number of nitrogen functional groups attached to an aromatic ring is 1. The standard InChI is InChI=1S/C26H28N6O3S/c1-34-19-10-6-16(7-11-19)14-18-4-3-5-21-23(18)31-32(22(33)15-36-26-28-25(27)29-30-26)24(21)17-8-12-20(35-2)13-9-17/h6-14,21,24H,3-5,15H2,1-2H3,(H3,27,28,29,30)/b18-14+. The van der Waals surface area contributed by atoms with Crippen molar-refractivity contribution >= 4 is 35.4 Å². The molecule has 0 radical (unpaired) electrons. The second-order valence-corrected chi connectivity index (χ2v) is 9.62. The molecule has 2 aliphatic rings. The Labute approximate surface area is 213 Å². The van der Waals surface area contributed by atoms with Gasteiger partial charge in [-0.15, -0.1) is 5.10 Å². The van der Waals surface area contributed by atoms with Gasteiger partial charge in [-0.3, -0.25) is 4.79 Å². The smallest absolute Gasteiger partial charge is 0.253 e. The van der Waals surface area contributed by atoms with Crippen LogP contribution >= 0.6 is 11.8 Å². The van der Waals surface area contributed by atoms with Gasteiger partial charge in [-0.1, -0.05) is 36.0 Å². The first-order chi connectivity index (χ1) is 17.6. The molecule has 1 aliphatic heterocycles. The average Bonchev–Trinajstić information content (AvgIpc) is 3.52. The number of aromatic nitrogens is 3. The first-order valence-electron chi connectivity index (χ1n) is 11.8. The van der Waals surface area contributed by atoms with Crippen LogP contribution in [-0.4, -0.2) is 51.8 Å². The molecular weight excluding hydrogens is 476 g/mol. The highest BCUT2D eigenvalue weighted by molar-refractivity contribution is 7.99. The fourth-order valence-electron chi connectivity index (χ4n) is 4.76. The zero-order valence-corrected chi connectivity index (χ0v) is 21.0. The number of H-pyrrole nitrogens is 1. The van der Waals surface area contributed by atoms with Gasteiger partial charge in [0, 0.05) is 5.92 Å². The van der Waals surface area contributed by atoms with Crippen molar-refractivity contribution in [3.63, 3.8) is 0 Å². The summed E-state index contributed by atoms with van der Waals surface area (Å²) in [5.74, 6) is 1.99. The number of hydrogen-bond donors (Lipinski definition) is 2. The molecular formula is C26H28N6O3S. The molecule has 0 bridgehead atoms. The van der Waals surface area contributed by atoms with Crippen LogP contribution in [-0.2, 0) is 4.79 Å². The van der Waals surface area contributed by atoms with Crippen LogP contribution in [0.2, 0.25) is 0 Å². The number of amides is 1. The molecule has 1 amide bonds. The Morgan fingerprint density at radius 1 is 1.14 bits per heavy atom. The van der Waals surface area contributed by atoms with Crippen LogP contribution in [0.25, 0.3) is 6.08 Å². The van der Waals surface area contributed by atoms with Crippen molar-refractivity contribution in [3.05, 3.63) is 65.2 Å². The number of carbonyl (C=O) groups excluding carboxylic acids is 1. The minimum absolute atomic E-state index is 0.102. The van der Waals surface area contributed by atoms with Crippen molar-refractivity contribution in [2.24, 2.45) is 11.0 Å². The number of hydrazone groups is 1. The molecule has 3 aromatic rings. The lowest BCUT2D eigenvalue weighted by molar-refractivity contribution is -0.130. The number of hydrogen-bond acceptors (Lipinski definition) is 8. The minimum Gasteiger partial charge on any atom is -0.497 e. The zero-order valence-electron chi connectivity index (χ0n) is 20.2. The van der Waals surface area contributed by atoms with Gasteiger partial charge in [-0.2, -0.15) is 10.1 Å². The highest BCUT2D eigenvalue weighted by atomic mass is 32.2. The van der Waals surface area contributed by atoms with Crippen molar-refractivity contribution in [1.82, 2.24) is 20.2 Å². The molecule has 10 heteroatoms. The Kier molecular flexibility index (Phi) is 6.95. The fraction of sp³-hybridized carbons (Fsp3) is 0.308. The lowest BCUT2D eigenvalue weighted by Gasteiger charge is -2.29. The molecule has 36 heavy (non-hydrogen) atoms. The summed E-state index contributed by atoms with van der Waals surface area (Å²) in [6.07, 6.45) is 5.09. The summed E-state index contributed by atoms with van der Waals surface area (Å²) in [5.41, 5.74) is 9.88.